The van der Waals surface area contributed by atoms with Gasteiger partial charge < -0.3 is 9.15 Å². The number of rotatable bonds is 3. The molecule has 0 N–H and O–H groups in total. The molecule has 0 saturated heterocycles. The van der Waals surface area contributed by atoms with Crippen LogP contribution in [0, 0.1) is 11.8 Å². The molecule has 0 bridgehead atoms. The summed E-state index contributed by atoms with van der Waals surface area (Å²) in [7, 11) is 1.68. The molecule has 3 rings (SSSR count). The SMILES string of the molecule is COc1ccccc1Cn1c(=S)oc2ccc(C)cc21. The summed E-state index contributed by atoms with van der Waals surface area (Å²) < 4.78 is 13.0. The lowest BCUT2D eigenvalue weighted by Gasteiger charge is -2.09. The average Bonchev–Trinajstić information content (AvgIpc) is 2.76. The molecule has 1 heterocycles. The third kappa shape index (κ3) is 2.23. The number of hydrogen-bond donors (Lipinski definition) is 0. The highest BCUT2D eigenvalue weighted by molar-refractivity contribution is 7.71. The molecule has 4 heteroatoms. The van der Waals surface area contributed by atoms with Crippen molar-refractivity contribution in [1.29, 1.82) is 0 Å². The smallest absolute Gasteiger partial charge is 0.269 e. The third-order valence-electron chi connectivity index (χ3n) is 3.34. The quantitative estimate of drug-likeness (QED) is 0.670. The predicted molar refractivity (Wildman–Crippen MR) is 81.9 cm³/mol. The zero-order valence-corrected chi connectivity index (χ0v) is 12.2. The van der Waals surface area contributed by atoms with Crippen LogP contribution in [0.25, 0.3) is 11.1 Å². The van der Waals surface area contributed by atoms with E-state index in [1.54, 1.807) is 7.11 Å². The van der Waals surface area contributed by atoms with E-state index >= 15 is 0 Å². The summed E-state index contributed by atoms with van der Waals surface area (Å²) in [5, 5.41) is 0. The second-order valence-corrected chi connectivity index (χ2v) is 5.09. The molecule has 0 aliphatic heterocycles. The summed E-state index contributed by atoms with van der Waals surface area (Å²) in [6, 6.07) is 14.0. The summed E-state index contributed by atoms with van der Waals surface area (Å²) in [4.78, 5) is 0.483. The van der Waals surface area contributed by atoms with E-state index in [1.807, 2.05) is 41.0 Å². The first kappa shape index (κ1) is 12.9. The van der Waals surface area contributed by atoms with E-state index in [1.165, 1.54) is 5.56 Å². The molecule has 0 aliphatic rings. The number of hydrogen-bond acceptors (Lipinski definition) is 3. The Morgan fingerprint density at radius 2 is 2.00 bits per heavy atom. The van der Waals surface area contributed by atoms with Crippen molar-refractivity contribution in [3.8, 4) is 5.75 Å². The van der Waals surface area contributed by atoms with E-state index in [0.29, 0.717) is 11.4 Å². The number of ether oxygens (including phenoxy) is 1. The van der Waals surface area contributed by atoms with Crippen molar-refractivity contribution in [3.63, 3.8) is 0 Å². The highest BCUT2D eigenvalue weighted by Gasteiger charge is 2.10. The molecule has 0 spiro atoms. The number of fused-ring (bicyclic) bond motifs is 1. The lowest BCUT2D eigenvalue weighted by Crippen LogP contribution is -2.01. The van der Waals surface area contributed by atoms with Gasteiger partial charge in [-0.25, -0.2) is 0 Å². The van der Waals surface area contributed by atoms with Gasteiger partial charge in [0.15, 0.2) is 5.58 Å². The number of benzene rings is 2. The summed E-state index contributed by atoms with van der Waals surface area (Å²) in [6.45, 7) is 2.70. The van der Waals surface area contributed by atoms with Crippen LogP contribution in [0.5, 0.6) is 5.75 Å². The van der Waals surface area contributed by atoms with Crippen LogP contribution in [0.15, 0.2) is 46.9 Å². The van der Waals surface area contributed by atoms with Gasteiger partial charge in [0.25, 0.3) is 4.84 Å². The van der Waals surface area contributed by atoms with Crippen molar-refractivity contribution >= 4 is 23.3 Å². The van der Waals surface area contributed by atoms with Gasteiger partial charge in [0.1, 0.15) is 5.75 Å². The highest BCUT2D eigenvalue weighted by Crippen LogP contribution is 2.24. The normalized spacial score (nSPS) is 10.9. The third-order valence-corrected chi connectivity index (χ3v) is 3.65. The minimum Gasteiger partial charge on any atom is -0.496 e. The molecule has 0 atom stereocenters. The zero-order chi connectivity index (χ0) is 14.1. The molecule has 0 saturated carbocycles. The molecule has 2 aromatic carbocycles. The van der Waals surface area contributed by atoms with E-state index in [9.17, 15) is 0 Å². The molecule has 3 aromatic rings. The van der Waals surface area contributed by atoms with Crippen LogP contribution in [0.1, 0.15) is 11.1 Å². The molecule has 0 unspecified atom stereocenters. The number of nitrogens with zero attached hydrogens (tertiary/aromatic N) is 1. The largest absolute Gasteiger partial charge is 0.496 e. The lowest BCUT2D eigenvalue weighted by atomic mass is 10.2. The standard InChI is InChI=1S/C16H15NO2S/c1-11-7-8-15-13(9-11)17(16(20)19-15)10-12-5-3-4-6-14(12)18-2/h3-9H,10H2,1-2H3. The summed E-state index contributed by atoms with van der Waals surface area (Å²) in [5.74, 6) is 0.858. The van der Waals surface area contributed by atoms with E-state index in [4.69, 9.17) is 21.4 Å². The van der Waals surface area contributed by atoms with Gasteiger partial charge in [-0.2, -0.15) is 0 Å². The van der Waals surface area contributed by atoms with Crippen molar-refractivity contribution in [2.24, 2.45) is 0 Å². The average molecular weight is 285 g/mol. The first-order valence-electron chi connectivity index (χ1n) is 6.41. The van der Waals surface area contributed by atoms with Crippen molar-refractivity contribution < 1.29 is 9.15 Å². The Morgan fingerprint density at radius 1 is 1.20 bits per heavy atom. The van der Waals surface area contributed by atoms with Gasteiger partial charge >= 0.3 is 0 Å². The number of oxazole rings is 1. The van der Waals surface area contributed by atoms with Gasteiger partial charge in [-0.15, -0.1) is 0 Å². The fourth-order valence-electron chi connectivity index (χ4n) is 2.33. The summed E-state index contributed by atoms with van der Waals surface area (Å²) in [6.07, 6.45) is 0. The van der Waals surface area contributed by atoms with Gasteiger partial charge in [-0.05, 0) is 42.9 Å². The van der Waals surface area contributed by atoms with E-state index in [2.05, 4.69) is 13.0 Å². The van der Waals surface area contributed by atoms with E-state index < -0.39 is 0 Å². The number of aromatic nitrogens is 1. The van der Waals surface area contributed by atoms with Crippen molar-refractivity contribution in [2.75, 3.05) is 7.11 Å². The second kappa shape index (κ2) is 5.13. The maximum absolute atomic E-state index is 5.64. The van der Waals surface area contributed by atoms with Crippen molar-refractivity contribution in [1.82, 2.24) is 4.57 Å². The van der Waals surface area contributed by atoms with Gasteiger partial charge in [0.2, 0.25) is 0 Å². The Kier molecular flexibility index (Phi) is 3.32. The number of para-hydroxylation sites is 1. The van der Waals surface area contributed by atoms with E-state index in [0.717, 1.165) is 22.4 Å². The van der Waals surface area contributed by atoms with Crippen LogP contribution in [-0.4, -0.2) is 11.7 Å². The first-order chi connectivity index (χ1) is 9.69. The van der Waals surface area contributed by atoms with Crippen molar-refractivity contribution in [3.05, 3.63) is 58.4 Å². The second-order valence-electron chi connectivity index (χ2n) is 4.74. The number of methoxy groups -OCH3 is 1. The Bertz CT molecular complexity index is 817. The molecule has 20 heavy (non-hydrogen) atoms. The minimum absolute atomic E-state index is 0.483. The molecule has 0 amide bonds. The maximum Gasteiger partial charge on any atom is 0.269 e. The lowest BCUT2D eigenvalue weighted by molar-refractivity contribution is 0.408. The Balaban J connectivity index is 2.13. The molecule has 0 fully saturated rings. The number of aryl methyl sites for hydroxylation is 1. The molecule has 0 aliphatic carbocycles. The topological polar surface area (TPSA) is 27.3 Å². The fourth-order valence-corrected chi connectivity index (χ4v) is 2.58. The van der Waals surface area contributed by atoms with Gasteiger partial charge in [0, 0.05) is 5.56 Å². The molecular weight excluding hydrogens is 270 g/mol. The first-order valence-corrected chi connectivity index (χ1v) is 6.82. The molecule has 1 aromatic heterocycles. The Hall–Kier alpha value is -2.07. The van der Waals surface area contributed by atoms with Crippen molar-refractivity contribution in [2.45, 2.75) is 13.5 Å². The minimum atomic E-state index is 0.483. The van der Waals surface area contributed by atoms with Crippen LogP contribution in [0.2, 0.25) is 0 Å². The van der Waals surface area contributed by atoms with Gasteiger partial charge in [0.05, 0.1) is 19.2 Å². The zero-order valence-electron chi connectivity index (χ0n) is 11.4. The monoisotopic (exact) mass is 285 g/mol. The molecule has 102 valence electrons. The highest BCUT2D eigenvalue weighted by atomic mass is 32.1. The summed E-state index contributed by atoms with van der Waals surface area (Å²) in [5.41, 5.74) is 4.09. The fraction of sp³-hybridized carbons (Fsp3) is 0.188. The van der Waals surface area contributed by atoms with Crippen LogP contribution >= 0.6 is 12.2 Å². The molecular formula is C16H15NO2S. The van der Waals surface area contributed by atoms with Gasteiger partial charge in [-0.1, -0.05) is 24.3 Å². The Labute approximate surface area is 122 Å². The van der Waals surface area contributed by atoms with E-state index in [-0.39, 0.29) is 0 Å². The summed E-state index contributed by atoms with van der Waals surface area (Å²) >= 11 is 5.33. The Morgan fingerprint density at radius 3 is 2.80 bits per heavy atom. The van der Waals surface area contributed by atoms with Gasteiger partial charge in [-0.3, -0.25) is 4.57 Å². The van der Waals surface area contributed by atoms with Crippen LogP contribution in [-0.2, 0) is 6.54 Å². The molecule has 0 radical (unpaired) electrons. The predicted octanol–water partition coefficient (Wildman–Crippen LogP) is 4.33. The molecule has 3 nitrogen and oxygen atoms in total. The maximum atomic E-state index is 5.64. The van der Waals surface area contributed by atoms with Crippen LogP contribution < -0.4 is 4.74 Å². The van der Waals surface area contributed by atoms with Crippen LogP contribution in [0.3, 0.4) is 0 Å². The van der Waals surface area contributed by atoms with Crippen LogP contribution in [0.4, 0.5) is 0 Å².